The maximum Gasteiger partial charge on any atom is 0.0682 e. The largest absolute Gasteiger partial charge is 0.377 e. The van der Waals surface area contributed by atoms with Crippen LogP contribution >= 0.6 is 0 Å². The van der Waals surface area contributed by atoms with Crippen molar-refractivity contribution in [2.24, 2.45) is 0 Å². The van der Waals surface area contributed by atoms with Gasteiger partial charge in [-0.15, -0.1) is 0 Å². The molecule has 1 nitrogen and oxygen atoms in total. The second kappa shape index (κ2) is 5.15. The number of allylic oxidation sites excluding steroid dienone is 3. The minimum Gasteiger partial charge on any atom is -0.377 e. The molecule has 0 saturated carbocycles. The molecule has 0 amide bonds. The van der Waals surface area contributed by atoms with Crippen LogP contribution in [0.15, 0.2) is 23.3 Å². The quantitative estimate of drug-likeness (QED) is 0.570. The van der Waals surface area contributed by atoms with Gasteiger partial charge in [0, 0.05) is 6.61 Å². The van der Waals surface area contributed by atoms with Crippen LogP contribution < -0.4 is 0 Å². The van der Waals surface area contributed by atoms with Crippen molar-refractivity contribution in [1.82, 2.24) is 0 Å². The first kappa shape index (κ1) is 9.53. The molecule has 0 fully saturated rings. The van der Waals surface area contributed by atoms with E-state index >= 15 is 0 Å². The number of hydrogen-bond donors (Lipinski definition) is 0. The van der Waals surface area contributed by atoms with Gasteiger partial charge < -0.3 is 4.74 Å². The van der Waals surface area contributed by atoms with E-state index in [0.717, 1.165) is 26.1 Å². The maximum absolute atomic E-state index is 5.46. The molecule has 0 unspecified atom stereocenters. The minimum atomic E-state index is 0.827. The van der Waals surface area contributed by atoms with Gasteiger partial charge in [-0.3, -0.25) is 0 Å². The lowest BCUT2D eigenvalue weighted by Crippen LogP contribution is -1.98. The Bertz CT molecular complexity index is 189. The first-order chi connectivity index (χ1) is 5.86. The highest BCUT2D eigenvalue weighted by molar-refractivity contribution is 5.30. The smallest absolute Gasteiger partial charge is 0.0682 e. The number of rotatable bonds is 5. The van der Waals surface area contributed by atoms with Gasteiger partial charge in [-0.05, 0) is 24.8 Å². The van der Waals surface area contributed by atoms with E-state index in [-0.39, 0.29) is 0 Å². The first-order valence-electron chi connectivity index (χ1n) is 4.82. The van der Waals surface area contributed by atoms with Crippen molar-refractivity contribution in [1.29, 1.82) is 0 Å². The molecule has 0 bridgehead atoms. The molecule has 0 radical (unpaired) electrons. The predicted molar refractivity (Wildman–Crippen MR) is 52.2 cm³/mol. The van der Waals surface area contributed by atoms with E-state index in [2.05, 4.69) is 26.0 Å². The normalized spacial score (nSPS) is 16.2. The summed E-state index contributed by atoms with van der Waals surface area (Å²) in [7, 11) is 0. The molecule has 12 heavy (non-hydrogen) atoms. The summed E-state index contributed by atoms with van der Waals surface area (Å²) in [5.41, 5.74) is 2.96. The monoisotopic (exact) mass is 166 g/mol. The average Bonchev–Trinajstić information content (AvgIpc) is 2.53. The van der Waals surface area contributed by atoms with Crippen LogP contribution in [0, 0.1) is 0 Å². The van der Waals surface area contributed by atoms with Gasteiger partial charge in [-0.2, -0.15) is 0 Å². The molecule has 0 aromatic carbocycles. The second-order valence-corrected chi connectivity index (χ2v) is 3.23. The van der Waals surface area contributed by atoms with Crippen molar-refractivity contribution in [3.8, 4) is 0 Å². The SMILES string of the molecule is CCCOCC1=CC=C(CC)C1. The van der Waals surface area contributed by atoms with Crippen LogP contribution in [-0.2, 0) is 4.74 Å². The fourth-order valence-corrected chi connectivity index (χ4v) is 1.33. The highest BCUT2D eigenvalue weighted by atomic mass is 16.5. The van der Waals surface area contributed by atoms with Gasteiger partial charge in [-0.1, -0.05) is 31.6 Å². The minimum absolute atomic E-state index is 0.827. The third-order valence-corrected chi connectivity index (χ3v) is 2.10. The van der Waals surface area contributed by atoms with Gasteiger partial charge in [0.2, 0.25) is 0 Å². The van der Waals surface area contributed by atoms with Crippen LogP contribution in [0.5, 0.6) is 0 Å². The van der Waals surface area contributed by atoms with E-state index in [0.29, 0.717) is 0 Å². The summed E-state index contributed by atoms with van der Waals surface area (Å²) in [6.07, 6.45) is 7.86. The van der Waals surface area contributed by atoms with Gasteiger partial charge in [0.25, 0.3) is 0 Å². The molecule has 1 heteroatoms. The van der Waals surface area contributed by atoms with Crippen LogP contribution in [0.25, 0.3) is 0 Å². The Kier molecular flexibility index (Phi) is 4.09. The number of hydrogen-bond acceptors (Lipinski definition) is 1. The topological polar surface area (TPSA) is 9.23 Å². The van der Waals surface area contributed by atoms with Crippen molar-refractivity contribution < 1.29 is 4.74 Å². The fourth-order valence-electron chi connectivity index (χ4n) is 1.33. The lowest BCUT2D eigenvalue weighted by Gasteiger charge is -2.04. The summed E-state index contributed by atoms with van der Waals surface area (Å²) in [6, 6.07) is 0. The third-order valence-electron chi connectivity index (χ3n) is 2.10. The van der Waals surface area contributed by atoms with E-state index in [1.165, 1.54) is 17.6 Å². The van der Waals surface area contributed by atoms with Gasteiger partial charge >= 0.3 is 0 Å². The highest BCUT2D eigenvalue weighted by Crippen LogP contribution is 2.21. The van der Waals surface area contributed by atoms with Gasteiger partial charge in [0.1, 0.15) is 0 Å². The van der Waals surface area contributed by atoms with E-state index < -0.39 is 0 Å². The van der Waals surface area contributed by atoms with Crippen molar-refractivity contribution in [3.63, 3.8) is 0 Å². The van der Waals surface area contributed by atoms with Gasteiger partial charge in [-0.25, -0.2) is 0 Å². The second-order valence-electron chi connectivity index (χ2n) is 3.23. The van der Waals surface area contributed by atoms with Crippen molar-refractivity contribution in [3.05, 3.63) is 23.3 Å². The highest BCUT2D eigenvalue weighted by Gasteiger charge is 2.05. The van der Waals surface area contributed by atoms with Crippen molar-refractivity contribution in [2.45, 2.75) is 33.1 Å². The van der Waals surface area contributed by atoms with Crippen LogP contribution in [0.2, 0.25) is 0 Å². The number of ether oxygens (including phenoxy) is 1. The molecule has 68 valence electrons. The van der Waals surface area contributed by atoms with Crippen LogP contribution in [0.1, 0.15) is 33.1 Å². The molecule has 1 aliphatic carbocycles. The lowest BCUT2D eigenvalue weighted by atomic mass is 10.1. The van der Waals surface area contributed by atoms with E-state index in [9.17, 15) is 0 Å². The zero-order valence-electron chi connectivity index (χ0n) is 8.10. The molecule has 1 aliphatic rings. The van der Waals surface area contributed by atoms with Crippen LogP contribution in [0.3, 0.4) is 0 Å². The van der Waals surface area contributed by atoms with Gasteiger partial charge in [0.15, 0.2) is 0 Å². The predicted octanol–water partition coefficient (Wildman–Crippen LogP) is 3.08. The van der Waals surface area contributed by atoms with Crippen molar-refractivity contribution in [2.75, 3.05) is 13.2 Å². The Morgan fingerprint density at radius 2 is 2.00 bits per heavy atom. The summed E-state index contributed by atoms with van der Waals surface area (Å²) in [5.74, 6) is 0. The molecule has 0 spiro atoms. The Labute approximate surface area is 75.1 Å². The Hall–Kier alpha value is -0.560. The van der Waals surface area contributed by atoms with E-state index in [1.807, 2.05) is 0 Å². The standard InChI is InChI=1S/C11H18O/c1-3-7-12-9-11-6-5-10(4-2)8-11/h5-6H,3-4,7-9H2,1-2H3. The molecule has 0 N–H and O–H groups in total. The summed E-state index contributed by atoms with van der Waals surface area (Å²) < 4.78 is 5.46. The molecule has 0 heterocycles. The molecule has 0 saturated heterocycles. The zero-order chi connectivity index (χ0) is 8.81. The van der Waals surface area contributed by atoms with E-state index in [1.54, 1.807) is 0 Å². The maximum atomic E-state index is 5.46. The summed E-state index contributed by atoms with van der Waals surface area (Å²) >= 11 is 0. The summed E-state index contributed by atoms with van der Waals surface area (Å²) in [6.45, 7) is 6.06. The third kappa shape index (κ3) is 2.82. The zero-order valence-corrected chi connectivity index (χ0v) is 8.10. The Balaban J connectivity index is 2.14. The molecule has 0 atom stereocenters. The van der Waals surface area contributed by atoms with Gasteiger partial charge in [0.05, 0.1) is 6.61 Å². The summed E-state index contributed by atoms with van der Waals surface area (Å²) in [5, 5.41) is 0. The van der Waals surface area contributed by atoms with Crippen LogP contribution in [-0.4, -0.2) is 13.2 Å². The van der Waals surface area contributed by atoms with Crippen molar-refractivity contribution >= 4 is 0 Å². The summed E-state index contributed by atoms with van der Waals surface area (Å²) in [4.78, 5) is 0. The molecule has 0 aromatic heterocycles. The fraction of sp³-hybridized carbons (Fsp3) is 0.636. The average molecular weight is 166 g/mol. The molecule has 0 aromatic rings. The first-order valence-corrected chi connectivity index (χ1v) is 4.82. The molecular formula is C11H18O. The van der Waals surface area contributed by atoms with Crippen LogP contribution in [0.4, 0.5) is 0 Å². The lowest BCUT2D eigenvalue weighted by molar-refractivity contribution is 0.156. The molecule has 0 aliphatic heterocycles. The van der Waals surface area contributed by atoms with E-state index in [4.69, 9.17) is 4.74 Å². The Morgan fingerprint density at radius 3 is 2.58 bits per heavy atom. The Morgan fingerprint density at radius 1 is 1.25 bits per heavy atom. The molecule has 1 rings (SSSR count). The molecular weight excluding hydrogens is 148 g/mol.